The first kappa shape index (κ1) is 20.6. The molecule has 0 fully saturated rings. The number of hydrogen-bond acceptors (Lipinski definition) is 6. The topological polar surface area (TPSA) is 112 Å². The second-order valence-electron chi connectivity index (χ2n) is 6.35. The van der Waals surface area contributed by atoms with Gasteiger partial charge in [-0.25, -0.2) is 4.98 Å². The molecule has 5 N–H and O–H groups in total. The van der Waals surface area contributed by atoms with E-state index in [1.165, 1.54) is 0 Å². The number of carbonyl (C=O) groups excluding carboxylic acids is 1. The van der Waals surface area contributed by atoms with Crippen molar-refractivity contribution >= 4 is 39.0 Å². The van der Waals surface area contributed by atoms with Gasteiger partial charge in [0.05, 0.1) is 17.9 Å². The van der Waals surface area contributed by atoms with Crippen LogP contribution in [0.15, 0.2) is 59.1 Å². The Hall–Kier alpha value is -3.10. The number of aliphatic hydroxyl groups is 1. The van der Waals surface area contributed by atoms with Crippen LogP contribution in [0.1, 0.15) is 10.4 Å². The molecule has 0 spiro atoms. The van der Waals surface area contributed by atoms with Crippen LogP contribution in [0.2, 0.25) is 0 Å². The molecule has 1 amide bonds. The Morgan fingerprint density at radius 3 is 2.48 bits per heavy atom. The number of amides is 1. The van der Waals surface area contributed by atoms with Crippen LogP contribution in [-0.4, -0.2) is 41.3 Å². The molecule has 2 aromatic carbocycles. The van der Waals surface area contributed by atoms with Gasteiger partial charge in [-0.15, -0.1) is 0 Å². The Morgan fingerprint density at radius 2 is 1.83 bits per heavy atom. The number of aliphatic hydroxyl groups excluding tert-OH is 1. The summed E-state index contributed by atoms with van der Waals surface area (Å²) in [5.41, 5.74) is 8.95. The summed E-state index contributed by atoms with van der Waals surface area (Å²) < 4.78 is 0.990. The fourth-order valence-corrected chi connectivity index (χ4v) is 3.10. The maximum Gasteiger partial charge on any atom is 0.255 e. The molecule has 1 heterocycles. The Kier molecular flexibility index (Phi) is 6.36. The zero-order chi connectivity index (χ0) is 21.0. The van der Waals surface area contributed by atoms with Gasteiger partial charge in [0.25, 0.3) is 5.91 Å². The Bertz CT molecular complexity index is 1020. The van der Waals surface area contributed by atoms with Gasteiger partial charge in [0.2, 0.25) is 0 Å². The lowest BCUT2D eigenvalue weighted by Gasteiger charge is -2.21. The molecule has 1 aromatic heterocycles. The van der Waals surface area contributed by atoms with Crippen LogP contribution >= 0.6 is 15.9 Å². The van der Waals surface area contributed by atoms with Gasteiger partial charge in [-0.3, -0.25) is 4.79 Å². The summed E-state index contributed by atoms with van der Waals surface area (Å²) in [4.78, 5) is 18.3. The van der Waals surface area contributed by atoms with Crippen molar-refractivity contribution in [3.05, 3.63) is 64.6 Å². The Labute approximate surface area is 176 Å². The predicted molar refractivity (Wildman–Crippen MR) is 117 cm³/mol. The molecule has 0 saturated carbocycles. The second-order valence-corrected chi connectivity index (χ2v) is 7.26. The van der Waals surface area contributed by atoms with Crippen molar-refractivity contribution in [2.75, 3.05) is 30.8 Å². The van der Waals surface area contributed by atoms with Gasteiger partial charge in [-0.1, -0.05) is 15.9 Å². The first-order valence-corrected chi connectivity index (χ1v) is 9.68. The lowest BCUT2D eigenvalue weighted by Crippen LogP contribution is -2.27. The zero-order valence-electron chi connectivity index (χ0n) is 15.8. The van der Waals surface area contributed by atoms with E-state index in [0.29, 0.717) is 11.3 Å². The molecule has 8 heteroatoms. The lowest BCUT2D eigenvalue weighted by molar-refractivity contribution is 0.0945. The largest absolute Gasteiger partial charge is 0.507 e. The number of rotatable bonds is 6. The van der Waals surface area contributed by atoms with E-state index in [9.17, 15) is 9.90 Å². The molecule has 0 aliphatic carbocycles. The molecule has 3 aromatic rings. The van der Waals surface area contributed by atoms with E-state index in [1.807, 2.05) is 42.3 Å². The minimum Gasteiger partial charge on any atom is -0.507 e. The average Bonchev–Trinajstić information content (AvgIpc) is 2.72. The standard InChI is InChI=1S/C21H21BrN4O3/c1-26(14-4-2-13(22)3-5-14)15-6-9-19(28)17(12-15)18-8-7-16(20(23)25-18)21(29)24-10-11-27/h2-9,12,27-28H,10-11H2,1H3,(H2,23,25)(H,24,29). The van der Waals surface area contributed by atoms with Gasteiger partial charge in [0.1, 0.15) is 11.6 Å². The number of phenols is 1. The highest BCUT2D eigenvalue weighted by Gasteiger charge is 2.15. The highest BCUT2D eigenvalue weighted by Crippen LogP contribution is 2.34. The Balaban J connectivity index is 1.93. The van der Waals surface area contributed by atoms with Crippen molar-refractivity contribution in [2.45, 2.75) is 0 Å². The molecule has 0 bridgehead atoms. The number of benzene rings is 2. The first-order valence-electron chi connectivity index (χ1n) is 8.89. The minimum atomic E-state index is -0.413. The maximum atomic E-state index is 12.1. The number of nitrogen functional groups attached to an aromatic ring is 1. The third kappa shape index (κ3) is 4.67. The van der Waals surface area contributed by atoms with E-state index in [-0.39, 0.29) is 30.3 Å². The van der Waals surface area contributed by atoms with Gasteiger partial charge in [0, 0.05) is 35.0 Å². The van der Waals surface area contributed by atoms with E-state index in [1.54, 1.807) is 24.3 Å². The number of anilines is 3. The van der Waals surface area contributed by atoms with Crippen molar-refractivity contribution < 1.29 is 15.0 Å². The molecule has 0 aliphatic rings. The molecule has 0 atom stereocenters. The summed E-state index contributed by atoms with van der Waals surface area (Å²) in [6, 6.07) is 16.3. The van der Waals surface area contributed by atoms with Crippen molar-refractivity contribution in [1.82, 2.24) is 10.3 Å². The fraction of sp³-hybridized carbons (Fsp3) is 0.143. The first-order chi connectivity index (χ1) is 13.9. The number of carbonyl (C=O) groups is 1. The number of phenolic OH excluding ortho intramolecular Hbond substituents is 1. The van der Waals surface area contributed by atoms with Gasteiger partial charge >= 0.3 is 0 Å². The number of aromatic nitrogens is 1. The molecular formula is C21H21BrN4O3. The highest BCUT2D eigenvalue weighted by atomic mass is 79.9. The number of nitrogens with zero attached hydrogens (tertiary/aromatic N) is 2. The molecule has 0 radical (unpaired) electrons. The molecule has 0 unspecified atom stereocenters. The van der Waals surface area contributed by atoms with Crippen LogP contribution < -0.4 is 16.0 Å². The van der Waals surface area contributed by atoms with Crippen molar-refractivity contribution in [2.24, 2.45) is 0 Å². The van der Waals surface area contributed by atoms with E-state index in [2.05, 4.69) is 26.2 Å². The fourth-order valence-electron chi connectivity index (χ4n) is 2.83. The van der Waals surface area contributed by atoms with Gasteiger partial charge < -0.3 is 26.2 Å². The summed E-state index contributed by atoms with van der Waals surface area (Å²) in [5, 5.41) is 21.7. The van der Waals surface area contributed by atoms with Crippen LogP contribution in [0.25, 0.3) is 11.3 Å². The molecule has 0 aliphatic heterocycles. The van der Waals surface area contributed by atoms with Crippen molar-refractivity contribution in [3.8, 4) is 17.0 Å². The normalized spacial score (nSPS) is 10.6. The highest BCUT2D eigenvalue weighted by molar-refractivity contribution is 9.10. The summed E-state index contributed by atoms with van der Waals surface area (Å²) in [5.74, 6) is -0.310. The smallest absolute Gasteiger partial charge is 0.255 e. The Morgan fingerprint density at radius 1 is 1.14 bits per heavy atom. The van der Waals surface area contributed by atoms with Crippen molar-refractivity contribution in [3.63, 3.8) is 0 Å². The van der Waals surface area contributed by atoms with Crippen LogP contribution in [-0.2, 0) is 0 Å². The van der Waals surface area contributed by atoms with Crippen LogP contribution in [0, 0.1) is 0 Å². The molecule has 3 rings (SSSR count). The molecule has 29 heavy (non-hydrogen) atoms. The lowest BCUT2D eigenvalue weighted by atomic mass is 10.1. The monoisotopic (exact) mass is 456 g/mol. The van der Waals surface area contributed by atoms with Crippen LogP contribution in [0.4, 0.5) is 17.2 Å². The molecule has 150 valence electrons. The van der Waals surface area contributed by atoms with Crippen LogP contribution in [0.5, 0.6) is 5.75 Å². The zero-order valence-corrected chi connectivity index (χ0v) is 17.3. The maximum absolute atomic E-state index is 12.1. The average molecular weight is 457 g/mol. The molecule has 0 saturated heterocycles. The second kappa shape index (κ2) is 8.93. The SMILES string of the molecule is CN(c1ccc(Br)cc1)c1ccc(O)c(-c2ccc(C(=O)NCCO)c(N)n2)c1. The number of pyridine rings is 1. The van der Waals surface area contributed by atoms with E-state index in [0.717, 1.165) is 15.8 Å². The van der Waals surface area contributed by atoms with Gasteiger partial charge in [-0.2, -0.15) is 0 Å². The summed E-state index contributed by atoms with van der Waals surface area (Å²) >= 11 is 3.43. The minimum absolute atomic E-state index is 0.0454. The number of nitrogens with one attached hydrogen (secondary N) is 1. The van der Waals surface area contributed by atoms with E-state index < -0.39 is 5.91 Å². The predicted octanol–water partition coefficient (Wildman–Crippen LogP) is 3.29. The number of halogens is 1. The van der Waals surface area contributed by atoms with Gasteiger partial charge in [0.15, 0.2) is 0 Å². The van der Waals surface area contributed by atoms with Gasteiger partial charge in [-0.05, 0) is 54.6 Å². The summed E-state index contributed by atoms with van der Waals surface area (Å²) in [6.07, 6.45) is 0. The third-order valence-corrected chi connectivity index (χ3v) is 4.95. The van der Waals surface area contributed by atoms with Crippen molar-refractivity contribution in [1.29, 1.82) is 0 Å². The summed E-state index contributed by atoms with van der Waals surface area (Å²) in [6.45, 7) is -0.0328. The third-order valence-electron chi connectivity index (χ3n) is 4.42. The molecular weight excluding hydrogens is 436 g/mol. The molecule has 7 nitrogen and oxygen atoms in total. The number of aromatic hydroxyl groups is 1. The summed E-state index contributed by atoms with van der Waals surface area (Å²) in [7, 11) is 1.93. The van der Waals surface area contributed by atoms with Crippen LogP contribution in [0.3, 0.4) is 0 Å². The quantitative estimate of drug-likeness (QED) is 0.452. The van der Waals surface area contributed by atoms with E-state index in [4.69, 9.17) is 10.8 Å². The number of hydrogen-bond donors (Lipinski definition) is 4. The van der Waals surface area contributed by atoms with E-state index >= 15 is 0 Å². The number of nitrogens with two attached hydrogens (primary N) is 1.